The monoisotopic (exact) mass is 380 g/mol. The van der Waals surface area contributed by atoms with E-state index in [1.165, 1.54) is 0 Å². The molecule has 2 aliphatic heterocycles. The van der Waals surface area contributed by atoms with E-state index in [1.807, 2.05) is 23.1 Å². The fourth-order valence-electron chi connectivity index (χ4n) is 3.50. The van der Waals surface area contributed by atoms with E-state index in [4.69, 9.17) is 10.5 Å². The fraction of sp³-hybridized carbons (Fsp3) is 0.381. The zero-order valence-corrected chi connectivity index (χ0v) is 15.7. The maximum atomic E-state index is 12.2. The highest BCUT2D eigenvalue weighted by Gasteiger charge is 2.27. The van der Waals surface area contributed by atoms with Crippen LogP contribution in [0.15, 0.2) is 42.6 Å². The van der Waals surface area contributed by atoms with E-state index in [0.29, 0.717) is 25.3 Å². The number of hydrogen-bond donors (Lipinski definition) is 1. The number of carbonyl (C=O) groups is 2. The molecule has 2 amide bonds. The Labute approximate surface area is 164 Å². The molecule has 2 fully saturated rings. The molecule has 0 spiro atoms. The Morgan fingerprint density at radius 1 is 1.14 bits per heavy atom. The van der Waals surface area contributed by atoms with E-state index in [0.717, 1.165) is 42.9 Å². The van der Waals surface area contributed by atoms with Gasteiger partial charge in [-0.15, -0.1) is 0 Å². The summed E-state index contributed by atoms with van der Waals surface area (Å²) in [7, 11) is 0. The standard InChI is InChI=1S/C21H24N4O3/c22-21(27)16-4-1-3-15(11-16)17-5-6-18(23-12-17)19-13-24(9-10-28-19)14-20(26)25-7-2-8-25/h1,3-6,11-12,19H,2,7-10,13-14H2,(H2,22,27)/t19-/m1/s1. The second-order valence-corrected chi connectivity index (χ2v) is 7.25. The SMILES string of the molecule is NC(=O)c1cccc(-c2ccc([C@H]3CN(CC(=O)N4CCC4)CCO3)nc2)c1. The molecule has 0 saturated carbocycles. The molecule has 2 N–H and O–H groups in total. The highest BCUT2D eigenvalue weighted by molar-refractivity contribution is 5.94. The molecule has 1 aromatic heterocycles. The van der Waals surface area contributed by atoms with Crippen LogP contribution in [0.25, 0.3) is 11.1 Å². The third-order valence-corrected chi connectivity index (χ3v) is 5.31. The summed E-state index contributed by atoms with van der Waals surface area (Å²) in [5.41, 5.74) is 8.47. The van der Waals surface area contributed by atoms with Gasteiger partial charge in [0.25, 0.3) is 0 Å². The second-order valence-electron chi connectivity index (χ2n) is 7.25. The van der Waals surface area contributed by atoms with Crippen molar-refractivity contribution in [2.24, 2.45) is 5.73 Å². The molecule has 0 unspecified atom stereocenters. The lowest BCUT2D eigenvalue weighted by Crippen LogP contribution is -2.49. The van der Waals surface area contributed by atoms with Gasteiger partial charge in [-0.05, 0) is 30.2 Å². The maximum absolute atomic E-state index is 12.2. The molecule has 7 heteroatoms. The number of nitrogens with two attached hydrogens (primary N) is 1. The van der Waals surface area contributed by atoms with Crippen LogP contribution < -0.4 is 5.73 Å². The van der Waals surface area contributed by atoms with Crippen LogP contribution in [0.3, 0.4) is 0 Å². The minimum Gasteiger partial charge on any atom is -0.369 e. The minimum atomic E-state index is -0.449. The van der Waals surface area contributed by atoms with Gasteiger partial charge in [-0.2, -0.15) is 0 Å². The molecule has 2 aromatic rings. The molecule has 0 aliphatic carbocycles. The van der Waals surface area contributed by atoms with Crippen LogP contribution in [0.5, 0.6) is 0 Å². The third-order valence-electron chi connectivity index (χ3n) is 5.31. The van der Waals surface area contributed by atoms with Crippen LogP contribution in [0.2, 0.25) is 0 Å². The van der Waals surface area contributed by atoms with E-state index < -0.39 is 5.91 Å². The van der Waals surface area contributed by atoms with Crippen molar-refractivity contribution >= 4 is 11.8 Å². The second kappa shape index (κ2) is 8.08. The molecule has 2 aliphatic rings. The molecule has 0 bridgehead atoms. The van der Waals surface area contributed by atoms with Gasteiger partial charge in [0.05, 0.1) is 18.8 Å². The van der Waals surface area contributed by atoms with Crippen LogP contribution in [0.4, 0.5) is 0 Å². The van der Waals surface area contributed by atoms with Crippen LogP contribution >= 0.6 is 0 Å². The smallest absolute Gasteiger partial charge is 0.248 e. The molecular weight excluding hydrogens is 356 g/mol. The average Bonchev–Trinajstić information content (AvgIpc) is 2.67. The fourth-order valence-corrected chi connectivity index (χ4v) is 3.50. The van der Waals surface area contributed by atoms with E-state index in [1.54, 1.807) is 24.4 Å². The summed E-state index contributed by atoms with van der Waals surface area (Å²) in [6, 6.07) is 11.1. The Bertz CT molecular complexity index is 864. The Balaban J connectivity index is 1.42. The van der Waals surface area contributed by atoms with Crippen molar-refractivity contribution in [2.75, 3.05) is 39.3 Å². The number of rotatable bonds is 5. The van der Waals surface area contributed by atoms with E-state index >= 15 is 0 Å². The first-order valence-electron chi connectivity index (χ1n) is 9.58. The minimum absolute atomic E-state index is 0.149. The van der Waals surface area contributed by atoms with Gasteiger partial charge in [0.2, 0.25) is 11.8 Å². The number of nitrogens with zero attached hydrogens (tertiary/aromatic N) is 3. The first-order valence-corrected chi connectivity index (χ1v) is 9.58. The van der Waals surface area contributed by atoms with E-state index in [2.05, 4.69) is 9.88 Å². The number of pyridine rings is 1. The summed E-state index contributed by atoms with van der Waals surface area (Å²) >= 11 is 0. The predicted octanol–water partition coefficient (Wildman–Crippen LogP) is 1.45. The topological polar surface area (TPSA) is 88.8 Å². The molecule has 0 radical (unpaired) electrons. The van der Waals surface area contributed by atoms with Gasteiger partial charge in [-0.1, -0.05) is 18.2 Å². The molecule has 146 valence electrons. The predicted molar refractivity (Wildman–Crippen MR) is 105 cm³/mol. The Morgan fingerprint density at radius 2 is 2.00 bits per heavy atom. The summed E-state index contributed by atoms with van der Waals surface area (Å²) < 4.78 is 5.88. The first-order chi connectivity index (χ1) is 13.6. The lowest BCUT2D eigenvalue weighted by Gasteiger charge is -2.36. The lowest BCUT2D eigenvalue weighted by atomic mass is 10.0. The Hall–Kier alpha value is -2.77. The molecule has 3 heterocycles. The molecule has 1 aromatic carbocycles. The summed E-state index contributed by atoms with van der Waals surface area (Å²) in [4.78, 5) is 32.2. The van der Waals surface area contributed by atoms with Gasteiger partial charge in [0.15, 0.2) is 0 Å². The molecule has 2 saturated heterocycles. The van der Waals surface area contributed by atoms with Crippen LogP contribution in [-0.4, -0.2) is 65.9 Å². The Morgan fingerprint density at radius 3 is 2.68 bits per heavy atom. The Kier molecular flexibility index (Phi) is 5.36. The molecular formula is C21H24N4O3. The van der Waals surface area contributed by atoms with Gasteiger partial charge < -0.3 is 15.4 Å². The summed E-state index contributed by atoms with van der Waals surface area (Å²) in [5, 5.41) is 0. The highest BCUT2D eigenvalue weighted by atomic mass is 16.5. The highest BCUT2D eigenvalue weighted by Crippen LogP contribution is 2.24. The molecule has 1 atom stereocenters. The average molecular weight is 380 g/mol. The number of primary amides is 1. The van der Waals surface area contributed by atoms with E-state index in [-0.39, 0.29) is 12.0 Å². The van der Waals surface area contributed by atoms with Gasteiger partial charge in [-0.25, -0.2) is 0 Å². The van der Waals surface area contributed by atoms with Crippen molar-refractivity contribution in [2.45, 2.75) is 12.5 Å². The molecule has 28 heavy (non-hydrogen) atoms. The summed E-state index contributed by atoms with van der Waals surface area (Å²) in [6.07, 6.45) is 2.74. The number of ether oxygens (including phenoxy) is 1. The number of hydrogen-bond acceptors (Lipinski definition) is 5. The van der Waals surface area contributed by atoms with E-state index in [9.17, 15) is 9.59 Å². The zero-order valence-electron chi connectivity index (χ0n) is 15.7. The van der Waals surface area contributed by atoms with Gasteiger partial charge in [0, 0.05) is 43.5 Å². The van der Waals surface area contributed by atoms with Crippen molar-refractivity contribution in [1.82, 2.24) is 14.8 Å². The van der Waals surface area contributed by atoms with Crippen molar-refractivity contribution in [3.8, 4) is 11.1 Å². The molecule has 4 rings (SSSR count). The maximum Gasteiger partial charge on any atom is 0.248 e. The van der Waals surface area contributed by atoms with Gasteiger partial charge in [-0.3, -0.25) is 19.5 Å². The summed E-state index contributed by atoms with van der Waals surface area (Å²) in [5.74, 6) is -0.251. The van der Waals surface area contributed by atoms with Crippen LogP contribution in [-0.2, 0) is 9.53 Å². The van der Waals surface area contributed by atoms with Crippen molar-refractivity contribution in [1.29, 1.82) is 0 Å². The normalized spacial score (nSPS) is 19.9. The number of aromatic nitrogens is 1. The van der Waals surface area contributed by atoms with Crippen LogP contribution in [0, 0.1) is 0 Å². The van der Waals surface area contributed by atoms with Crippen LogP contribution in [0.1, 0.15) is 28.6 Å². The van der Waals surface area contributed by atoms with Gasteiger partial charge in [0.1, 0.15) is 6.10 Å². The lowest BCUT2D eigenvalue weighted by molar-refractivity contribution is -0.137. The van der Waals surface area contributed by atoms with Crippen molar-refractivity contribution in [3.63, 3.8) is 0 Å². The quantitative estimate of drug-likeness (QED) is 0.848. The number of morpholine rings is 1. The zero-order chi connectivity index (χ0) is 19.5. The van der Waals surface area contributed by atoms with Crippen molar-refractivity contribution in [3.05, 3.63) is 53.9 Å². The largest absolute Gasteiger partial charge is 0.369 e. The van der Waals surface area contributed by atoms with Crippen molar-refractivity contribution < 1.29 is 14.3 Å². The molecule has 7 nitrogen and oxygen atoms in total. The number of benzene rings is 1. The third kappa shape index (κ3) is 4.05. The first kappa shape index (κ1) is 18.6. The summed E-state index contributed by atoms with van der Waals surface area (Å²) in [6.45, 7) is 4.20. The number of likely N-dealkylation sites (tertiary alicyclic amines) is 1. The number of amides is 2. The van der Waals surface area contributed by atoms with Gasteiger partial charge >= 0.3 is 0 Å². The number of carbonyl (C=O) groups excluding carboxylic acids is 2.